The second kappa shape index (κ2) is 6.17. The molecule has 0 unspecified atom stereocenters. The lowest BCUT2D eigenvalue weighted by atomic mass is 10.3. The van der Waals surface area contributed by atoms with Crippen molar-refractivity contribution in [1.29, 1.82) is 0 Å². The Kier molecular flexibility index (Phi) is 4.94. The number of nitrogens with zero attached hydrogens (tertiary/aromatic N) is 1. The second-order valence-corrected chi connectivity index (χ2v) is 8.09. The van der Waals surface area contributed by atoms with Crippen molar-refractivity contribution in [2.45, 2.75) is 4.21 Å². The summed E-state index contributed by atoms with van der Waals surface area (Å²) in [5, 5.41) is 4.70. The second-order valence-electron chi connectivity index (χ2n) is 4.40. The van der Waals surface area contributed by atoms with Gasteiger partial charge in [-0.2, -0.15) is 4.31 Å². The van der Waals surface area contributed by atoms with Crippen LogP contribution in [0.4, 0.5) is 0 Å². The standard InChI is InChI=1S/C12H13ClN2O2S2.ClH/c13-10-2-1-9-7-12(18-11(9)8-10)19(16,17)15-5-3-14-4-6-15;/h1-2,7-8,14H,3-6H2;1H. The molecular formula is C12H14Cl2N2O2S2. The van der Waals surface area contributed by atoms with Crippen LogP contribution in [0.15, 0.2) is 28.5 Å². The smallest absolute Gasteiger partial charge is 0.252 e. The minimum atomic E-state index is -3.37. The van der Waals surface area contributed by atoms with Gasteiger partial charge in [-0.15, -0.1) is 23.7 Å². The highest BCUT2D eigenvalue weighted by Gasteiger charge is 2.27. The lowest BCUT2D eigenvalue weighted by molar-refractivity contribution is 0.361. The van der Waals surface area contributed by atoms with Gasteiger partial charge in [0.15, 0.2) is 0 Å². The number of hydrogen-bond donors (Lipinski definition) is 1. The molecule has 0 atom stereocenters. The summed E-state index contributed by atoms with van der Waals surface area (Å²) in [5.74, 6) is 0. The monoisotopic (exact) mass is 352 g/mol. The summed E-state index contributed by atoms with van der Waals surface area (Å²) in [6.07, 6.45) is 0. The molecule has 0 aliphatic carbocycles. The number of benzene rings is 1. The third-order valence-electron chi connectivity index (χ3n) is 3.13. The Balaban J connectivity index is 0.00000147. The van der Waals surface area contributed by atoms with Gasteiger partial charge in [0.1, 0.15) is 4.21 Å². The van der Waals surface area contributed by atoms with E-state index < -0.39 is 10.0 Å². The predicted molar refractivity (Wildman–Crippen MR) is 85.7 cm³/mol. The van der Waals surface area contributed by atoms with Crippen molar-refractivity contribution < 1.29 is 8.42 Å². The number of rotatable bonds is 2. The molecule has 4 nitrogen and oxygen atoms in total. The van der Waals surface area contributed by atoms with Crippen molar-refractivity contribution in [1.82, 2.24) is 9.62 Å². The van der Waals surface area contributed by atoms with Crippen LogP contribution in [0.25, 0.3) is 10.1 Å². The summed E-state index contributed by atoms with van der Waals surface area (Å²) in [6, 6.07) is 7.16. The Hall–Kier alpha value is -0.370. The number of sulfonamides is 1. The molecule has 1 aromatic carbocycles. The summed E-state index contributed by atoms with van der Waals surface area (Å²) in [7, 11) is -3.37. The van der Waals surface area contributed by atoms with Crippen molar-refractivity contribution in [3.8, 4) is 0 Å². The first-order valence-corrected chi connectivity index (χ1v) is 8.61. The van der Waals surface area contributed by atoms with E-state index in [1.165, 1.54) is 15.6 Å². The molecule has 1 aliphatic rings. The van der Waals surface area contributed by atoms with Gasteiger partial charge in [0.2, 0.25) is 0 Å². The SMILES string of the molecule is Cl.O=S(=O)(c1cc2ccc(Cl)cc2s1)N1CCNCC1. The number of piperazine rings is 1. The lowest BCUT2D eigenvalue weighted by Gasteiger charge is -2.25. The fraction of sp³-hybridized carbons (Fsp3) is 0.333. The Bertz CT molecular complexity index is 709. The van der Waals surface area contributed by atoms with Crippen molar-refractivity contribution >= 4 is 55.5 Å². The van der Waals surface area contributed by atoms with E-state index >= 15 is 0 Å². The maximum atomic E-state index is 12.5. The highest BCUT2D eigenvalue weighted by Crippen LogP contribution is 2.32. The molecule has 0 amide bonds. The molecule has 3 rings (SSSR count). The molecule has 1 saturated heterocycles. The molecule has 1 aliphatic heterocycles. The third-order valence-corrected chi connectivity index (χ3v) is 6.81. The van der Waals surface area contributed by atoms with E-state index in [1.54, 1.807) is 18.2 Å². The van der Waals surface area contributed by atoms with E-state index in [0.717, 1.165) is 10.1 Å². The average molecular weight is 353 g/mol. The number of thiophene rings is 1. The maximum absolute atomic E-state index is 12.5. The van der Waals surface area contributed by atoms with Crippen LogP contribution in [0.2, 0.25) is 5.02 Å². The first-order chi connectivity index (χ1) is 9.07. The van der Waals surface area contributed by atoms with Crippen LogP contribution >= 0.6 is 35.3 Å². The van der Waals surface area contributed by atoms with Gasteiger partial charge in [0.25, 0.3) is 10.0 Å². The summed E-state index contributed by atoms with van der Waals surface area (Å²) in [6.45, 7) is 2.46. The zero-order valence-corrected chi connectivity index (χ0v) is 13.7. The maximum Gasteiger partial charge on any atom is 0.252 e. The molecule has 0 radical (unpaired) electrons. The number of halogens is 2. The number of hydrogen-bond acceptors (Lipinski definition) is 4. The highest BCUT2D eigenvalue weighted by molar-refractivity contribution is 7.91. The van der Waals surface area contributed by atoms with Crippen molar-refractivity contribution in [2.75, 3.05) is 26.2 Å². The first kappa shape index (κ1) is 16.0. The van der Waals surface area contributed by atoms with Gasteiger partial charge < -0.3 is 5.32 Å². The van der Waals surface area contributed by atoms with Crippen LogP contribution in [-0.2, 0) is 10.0 Å². The van der Waals surface area contributed by atoms with Crippen LogP contribution in [0.3, 0.4) is 0 Å². The van der Waals surface area contributed by atoms with Gasteiger partial charge in [-0.3, -0.25) is 0 Å². The molecular weight excluding hydrogens is 339 g/mol. The van der Waals surface area contributed by atoms with Gasteiger partial charge >= 0.3 is 0 Å². The van der Waals surface area contributed by atoms with Gasteiger partial charge in [-0.1, -0.05) is 17.7 Å². The molecule has 2 aromatic rings. The molecule has 1 fully saturated rings. The highest BCUT2D eigenvalue weighted by atomic mass is 35.5. The minimum Gasteiger partial charge on any atom is -0.314 e. The molecule has 2 heterocycles. The van der Waals surface area contributed by atoms with Crippen LogP contribution in [0.5, 0.6) is 0 Å². The van der Waals surface area contributed by atoms with Gasteiger partial charge in [0, 0.05) is 35.9 Å². The molecule has 0 spiro atoms. The number of fused-ring (bicyclic) bond motifs is 1. The van der Waals surface area contributed by atoms with E-state index in [-0.39, 0.29) is 12.4 Å². The van der Waals surface area contributed by atoms with Gasteiger partial charge in [-0.05, 0) is 23.6 Å². The molecule has 1 N–H and O–H groups in total. The van der Waals surface area contributed by atoms with Gasteiger partial charge in [0.05, 0.1) is 0 Å². The van der Waals surface area contributed by atoms with E-state index in [4.69, 9.17) is 11.6 Å². The fourth-order valence-corrected chi connectivity index (χ4v) is 5.39. The zero-order chi connectivity index (χ0) is 13.5. The van der Waals surface area contributed by atoms with E-state index in [9.17, 15) is 8.42 Å². The average Bonchev–Trinajstić information content (AvgIpc) is 2.83. The Morgan fingerprint density at radius 3 is 2.60 bits per heavy atom. The van der Waals surface area contributed by atoms with E-state index in [0.29, 0.717) is 35.4 Å². The summed E-state index contributed by atoms with van der Waals surface area (Å²) in [4.78, 5) is 0. The largest absolute Gasteiger partial charge is 0.314 e. The first-order valence-electron chi connectivity index (χ1n) is 5.97. The Morgan fingerprint density at radius 1 is 1.20 bits per heavy atom. The molecule has 0 saturated carbocycles. The quantitative estimate of drug-likeness (QED) is 0.903. The lowest BCUT2D eigenvalue weighted by Crippen LogP contribution is -2.46. The third kappa shape index (κ3) is 2.95. The van der Waals surface area contributed by atoms with Crippen LogP contribution in [0, 0.1) is 0 Å². The fourth-order valence-electron chi connectivity index (χ4n) is 2.12. The molecule has 8 heteroatoms. The van der Waals surface area contributed by atoms with Crippen molar-refractivity contribution in [2.24, 2.45) is 0 Å². The molecule has 20 heavy (non-hydrogen) atoms. The Labute approximate surface area is 133 Å². The summed E-state index contributed by atoms with van der Waals surface area (Å²) in [5.41, 5.74) is 0. The van der Waals surface area contributed by atoms with Crippen LogP contribution < -0.4 is 5.32 Å². The van der Waals surface area contributed by atoms with E-state index in [1.807, 2.05) is 6.07 Å². The summed E-state index contributed by atoms with van der Waals surface area (Å²) < 4.78 is 27.9. The van der Waals surface area contributed by atoms with E-state index in [2.05, 4.69) is 5.32 Å². The minimum absolute atomic E-state index is 0. The Morgan fingerprint density at radius 2 is 1.90 bits per heavy atom. The van der Waals surface area contributed by atoms with Crippen molar-refractivity contribution in [3.05, 3.63) is 29.3 Å². The number of nitrogens with one attached hydrogen (secondary N) is 1. The van der Waals surface area contributed by atoms with Gasteiger partial charge in [-0.25, -0.2) is 8.42 Å². The zero-order valence-electron chi connectivity index (χ0n) is 10.5. The van der Waals surface area contributed by atoms with Crippen LogP contribution in [0.1, 0.15) is 0 Å². The predicted octanol–water partition coefficient (Wildman–Crippen LogP) is 2.57. The molecule has 1 aromatic heterocycles. The van der Waals surface area contributed by atoms with Crippen molar-refractivity contribution in [3.63, 3.8) is 0 Å². The topological polar surface area (TPSA) is 49.4 Å². The molecule has 110 valence electrons. The van der Waals surface area contributed by atoms with Crippen LogP contribution in [-0.4, -0.2) is 38.9 Å². The normalized spacial score (nSPS) is 17.1. The summed E-state index contributed by atoms with van der Waals surface area (Å²) >= 11 is 7.21. The molecule has 0 bridgehead atoms.